The van der Waals surface area contributed by atoms with Crippen LogP contribution in [0.1, 0.15) is 19.3 Å². The van der Waals surface area contributed by atoms with Crippen molar-refractivity contribution < 1.29 is 18.3 Å². The van der Waals surface area contributed by atoms with Gasteiger partial charge in [0, 0.05) is 30.1 Å². The second-order valence-electron chi connectivity index (χ2n) is 11.2. The molecule has 5 heterocycles. The second-order valence-corrected chi connectivity index (χ2v) is 11.6. The SMILES string of the molecule is C=CC(=O)N1CC[C@@H]2[C@H]1CN2c1nc(OCC2CCCN2C)nc2nc(-c3cccc4ccc(F)c(Cl)c34)c(F)cc12. The number of hydrogen-bond acceptors (Lipinski definition) is 7. The Balaban J connectivity index is 1.33. The van der Waals surface area contributed by atoms with Crippen molar-refractivity contribution >= 4 is 45.1 Å². The van der Waals surface area contributed by atoms with Crippen molar-refractivity contribution in [3.63, 3.8) is 0 Å². The van der Waals surface area contributed by atoms with Crippen molar-refractivity contribution in [2.24, 2.45) is 0 Å². The molecule has 0 saturated carbocycles. The fraction of sp³-hybridized carbons (Fsp3) is 0.355. The predicted octanol–water partition coefficient (Wildman–Crippen LogP) is 5.23. The average molecular weight is 591 g/mol. The van der Waals surface area contributed by atoms with Crippen molar-refractivity contribution in [3.05, 3.63) is 65.7 Å². The maximum absolute atomic E-state index is 15.9. The van der Waals surface area contributed by atoms with Gasteiger partial charge in [0.1, 0.15) is 29.8 Å². The van der Waals surface area contributed by atoms with Gasteiger partial charge in [0.2, 0.25) is 5.91 Å². The Morgan fingerprint density at radius 3 is 2.76 bits per heavy atom. The van der Waals surface area contributed by atoms with Crippen LogP contribution in [0.4, 0.5) is 14.6 Å². The molecular weight excluding hydrogens is 562 g/mol. The Morgan fingerprint density at radius 2 is 1.98 bits per heavy atom. The van der Waals surface area contributed by atoms with Crippen LogP contribution in [-0.4, -0.2) is 82.1 Å². The summed E-state index contributed by atoms with van der Waals surface area (Å²) in [6, 6.07) is 9.95. The number of nitrogens with zero attached hydrogens (tertiary/aromatic N) is 6. The molecule has 0 bridgehead atoms. The normalized spacial score (nSPS) is 22.0. The van der Waals surface area contributed by atoms with Crippen molar-refractivity contribution in [1.29, 1.82) is 0 Å². The molecule has 1 amide bonds. The van der Waals surface area contributed by atoms with Crippen molar-refractivity contribution in [3.8, 4) is 17.3 Å². The zero-order chi connectivity index (χ0) is 29.1. The van der Waals surface area contributed by atoms with Crippen LogP contribution in [0.15, 0.2) is 49.1 Å². The number of ether oxygens (including phenoxy) is 1. The lowest BCUT2D eigenvalue weighted by Crippen LogP contribution is -2.63. The first-order valence-corrected chi connectivity index (χ1v) is 14.5. The quantitative estimate of drug-likeness (QED) is 0.285. The van der Waals surface area contributed by atoms with Gasteiger partial charge in [0.15, 0.2) is 5.65 Å². The minimum absolute atomic E-state index is 0.0110. The van der Waals surface area contributed by atoms with Crippen molar-refractivity contribution in [2.45, 2.75) is 37.4 Å². The van der Waals surface area contributed by atoms with Crippen LogP contribution in [0.3, 0.4) is 0 Å². The summed E-state index contributed by atoms with van der Waals surface area (Å²) >= 11 is 6.37. The number of amides is 1. The standard InChI is InChI=1S/C31H29ClF2N6O2/c1-3-25(41)39-13-11-23-24(39)15-40(23)30-20-14-22(34)28(19-8-4-6-17-9-10-21(33)27(32)26(17)19)35-29(20)36-31(37-30)42-16-18-7-5-12-38(18)2/h3-4,6,8-10,14,18,23-24H,1,5,7,11-13,15-16H2,2H3/t18?,23-,24-/m1/s1. The highest BCUT2D eigenvalue weighted by molar-refractivity contribution is 6.36. The summed E-state index contributed by atoms with van der Waals surface area (Å²) in [5.74, 6) is -0.776. The molecule has 42 heavy (non-hydrogen) atoms. The number of hydrogen-bond donors (Lipinski definition) is 0. The van der Waals surface area contributed by atoms with E-state index in [0.717, 1.165) is 25.8 Å². The van der Waals surface area contributed by atoms with Crippen LogP contribution >= 0.6 is 11.6 Å². The largest absolute Gasteiger partial charge is 0.462 e. The zero-order valence-corrected chi connectivity index (χ0v) is 23.8. The number of benzene rings is 2. The Hall–Kier alpha value is -3.89. The minimum Gasteiger partial charge on any atom is -0.462 e. The highest BCUT2D eigenvalue weighted by Crippen LogP contribution is 2.41. The number of pyridine rings is 1. The van der Waals surface area contributed by atoms with Gasteiger partial charge in [-0.05, 0) is 56.4 Å². The molecule has 4 aromatic rings. The number of rotatable bonds is 6. The first kappa shape index (κ1) is 27.0. The first-order valence-electron chi connectivity index (χ1n) is 14.1. The molecule has 8 nitrogen and oxygen atoms in total. The molecule has 0 N–H and O–H groups in total. The van der Waals surface area contributed by atoms with E-state index in [1.54, 1.807) is 24.3 Å². The van der Waals surface area contributed by atoms with Gasteiger partial charge in [-0.1, -0.05) is 42.4 Å². The molecule has 3 saturated heterocycles. The van der Waals surface area contributed by atoms with Gasteiger partial charge >= 0.3 is 6.01 Å². The number of carbonyl (C=O) groups excluding carboxylic acids is 1. The molecule has 0 radical (unpaired) electrons. The van der Waals surface area contributed by atoms with Crippen molar-refractivity contribution in [1.82, 2.24) is 24.8 Å². The van der Waals surface area contributed by atoms with E-state index >= 15 is 4.39 Å². The summed E-state index contributed by atoms with van der Waals surface area (Å²) in [6.07, 6.45) is 4.21. The number of fused-ring (bicyclic) bond motifs is 3. The molecule has 1 unspecified atom stereocenters. The number of likely N-dealkylation sites (N-methyl/N-ethyl adjacent to an activating group) is 1. The topological polar surface area (TPSA) is 74.7 Å². The summed E-state index contributed by atoms with van der Waals surface area (Å²) in [5.41, 5.74) is 0.637. The molecule has 2 aromatic heterocycles. The van der Waals surface area contributed by atoms with E-state index in [1.165, 1.54) is 18.2 Å². The molecule has 7 rings (SSSR count). The number of halogens is 3. The molecule has 3 aliphatic rings. The van der Waals surface area contributed by atoms with Crippen LogP contribution in [0.25, 0.3) is 33.1 Å². The van der Waals surface area contributed by atoms with Crippen molar-refractivity contribution in [2.75, 3.05) is 38.2 Å². The third-order valence-electron chi connectivity index (χ3n) is 8.89. The van der Waals surface area contributed by atoms with Gasteiger partial charge in [-0.2, -0.15) is 9.97 Å². The minimum atomic E-state index is -0.603. The Labute approximate surface area is 246 Å². The lowest BCUT2D eigenvalue weighted by molar-refractivity contribution is -0.127. The monoisotopic (exact) mass is 590 g/mol. The summed E-state index contributed by atoms with van der Waals surface area (Å²) in [4.78, 5) is 32.5. The Kier molecular flexibility index (Phi) is 6.70. The van der Waals surface area contributed by atoms with E-state index in [1.807, 2.05) is 4.90 Å². The predicted molar refractivity (Wildman–Crippen MR) is 158 cm³/mol. The summed E-state index contributed by atoms with van der Waals surface area (Å²) < 4.78 is 36.5. The van der Waals surface area contributed by atoms with E-state index in [0.29, 0.717) is 47.2 Å². The average Bonchev–Trinajstić information content (AvgIpc) is 3.54. The molecule has 3 fully saturated rings. The lowest BCUT2D eigenvalue weighted by Gasteiger charge is -2.47. The first-order chi connectivity index (χ1) is 20.3. The molecular formula is C31H29ClF2N6O2. The fourth-order valence-corrected chi connectivity index (χ4v) is 6.86. The number of aromatic nitrogens is 3. The molecule has 0 aliphatic carbocycles. The van der Waals surface area contributed by atoms with E-state index in [-0.39, 0.29) is 46.4 Å². The van der Waals surface area contributed by atoms with Gasteiger partial charge in [0.25, 0.3) is 0 Å². The highest BCUT2D eigenvalue weighted by Gasteiger charge is 2.49. The van der Waals surface area contributed by atoms with E-state index < -0.39 is 11.6 Å². The van der Waals surface area contributed by atoms with Gasteiger partial charge in [-0.15, -0.1) is 0 Å². The van der Waals surface area contributed by atoms with E-state index in [4.69, 9.17) is 21.3 Å². The van der Waals surface area contributed by atoms with Crippen LogP contribution in [0, 0.1) is 11.6 Å². The number of anilines is 1. The van der Waals surface area contributed by atoms with E-state index in [9.17, 15) is 9.18 Å². The van der Waals surface area contributed by atoms with Gasteiger partial charge in [-0.3, -0.25) is 4.79 Å². The Morgan fingerprint density at radius 1 is 1.12 bits per heavy atom. The second kappa shape index (κ2) is 10.4. The summed E-state index contributed by atoms with van der Waals surface area (Å²) in [6.45, 7) is 6.21. The van der Waals surface area contributed by atoms with Crippen LogP contribution in [0.2, 0.25) is 5.02 Å². The van der Waals surface area contributed by atoms with Crippen LogP contribution < -0.4 is 9.64 Å². The lowest BCUT2D eigenvalue weighted by atomic mass is 9.96. The van der Waals surface area contributed by atoms with Gasteiger partial charge in [-0.25, -0.2) is 13.8 Å². The van der Waals surface area contributed by atoms with Crippen LogP contribution in [-0.2, 0) is 4.79 Å². The fourth-order valence-electron chi connectivity index (χ4n) is 6.59. The summed E-state index contributed by atoms with van der Waals surface area (Å²) in [5, 5.41) is 1.39. The van der Waals surface area contributed by atoms with Crippen LogP contribution in [0.5, 0.6) is 6.01 Å². The zero-order valence-electron chi connectivity index (χ0n) is 23.1. The number of carbonyl (C=O) groups is 1. The Bertz CT molecular complexity index is 1750. The number of likely N-dealkylation sites (tertiary alicyclic amines) is 2. The maximum atomic E-state index is 15.9. The molecule has 3 atom stereocenters. The molecule has 216 valence electrons. The van der Waals surface area contributed by atoms with Gasteiger partial charge < -0.3 is 19.4 Å². The highest BCUT2D eigenvalue weighted by atomic mass is 35.5. The third kappa shape index (κ3) is 4.35. The van der Waals surface area contributed by atoms with Gasteiger partial charge in [0.05, 0.1) is 22.5 Å². The molecule has 2 aromatic carbocycles. The summed E-state index contributed by atoms with van der Waals surface area (Å²) in [7, 11) is 2.07. The van der Waals surface area contributed by atoms with E-state index in [2.05, 4.69) is 33.4 Å². The molecule has 3 aliphatic heterocycles. The maximum Gasteiger partial charge on any atom is 0.320 e. The molecule has 0 spiro atoms. The third-order valence-corrected chi connectivity index (χ3v) is 9.26. The molecule has 11 heteroatoms. The smallest absolute Gasteiger partial charge is 0.320 e.